The first-order chi connectivity index (χ1) is 9.54. The van der Waals surface area contributed by atoms with Gasteiger partial charge in [-0.2, -0.15) is 0 Å². The molecule has 2 rings (SSSR count). The predicted octanol–water partition coefficient (Wildman–Crippen LogP) is 0.367. The van der Waals surface area contributed by atoms with Gasteiger partial charge in [0, 0.05) is 12.1 Å². The Bertz CT molecular complexity index is 526. The first kappa shape index (κ1) is 13.9. The Balaban J connectivity index is 1.88. The maximum Gasteiger partial charge on any atom is 0.341 e. The standard InChI is InChI=1S/C13H14N2O5/c16-11-6-5-10(15-11)13(19)14-8-1-3-9(4-2-8)20-7-12(17)18/h1-4,10H,5-7H2,(H,14,19)(H,15,16)(H,17,18)/t10-/m0/s1. The van der Waals surface area contributed by atoms with E-state index in [0.29, 0.717) is 24.3 Å². The molecule has 1 heterocycles. The van der Waals surface area contributed by atoms with E-state index in [1.165, 1.54) is 0 Å². The zero-order valence-corrected chi connectivity index (χ0v) is 10.6. The summed E-state index contributed by atoms with van der Waals surface area (Å²) in [5, 5.41) is 13.7. The third kappa shape index (κ3) is 3.71. The Hall–Kier alpha value is -2.57. The van der Waals surface area contributed by atoms with Crippen LogP contribution in [0.1, 0.15) is 12.8 Å². The summed E-state index contributed by atoms with van der Waals surface area (Å²) in [6, 6.07) is 5.83. The number of rotatable bonds is 5. The summed E-state index contributed by atoms with van der Waals surface area (Å²) in [5.41, 5.74) is 0.554. The average Bonchev–Trinajstić information content (AvgIpc) is 2.85. The molecule has 7 nitrogen and oxygen atoms in total. The fourth-order valence-corrected chi connectivity index (χ4v) is 1.82. The molecule has 1 aliphatic heterocycles. The molecule has 1 atom stereocenters. The fraction of sp³-hybridized carbons (Fsp3) is 0.308. The van der Waals surface area contributed by atoms with E-state index in [2.05, 4.69) is 10.6 Å². The molecule has 1 aliphatic rings. The molecule has 20 heavy (non-hydrogen) atoms. The molecule has 1 saturated heterocycles. The highest BCUT2D eigenvalue weighted by Crippen LogP contribution is 2.17. The van der Waals surface area contributed by atoms with Crippen LogP contribution < -0.4 is 15.4 Å². The normalized spacial score (nSPS) is 17.4. The SMILES string of the molecule is O=C(O)COc1ccc(NC(=O)[C@@H]2CCC(=O)N2)cc1. The van der Waals surface area contributed by atoms with Crippen LogP contribution in [0.4, 0.5) is 5.69 Å². The van der Waals surface area contributed by atoms with Crippen molar-refractivity contribution >= 4 is 23.5 Å². The largest absolute Gasteiger partial charge is 0.482 e. The second-order valence-electron chi connectivity index (χ2n) is 4.35. The zero-order valence-electron chi connectivity index (χ0n) is 10.6. The van der Waals surface area contributed by atoms with Crippen LogP contribution in [0.3, 0.4) is 0 Å². The molecule has 0 saturated carbocycles. The van der Waals surface area contributed by atoms with Gasteiger partial charge in [-0.3, -0.25) is 9.59 Å². The van der Waals surface area contributed by atoms with Gasteiger partial charge in [0.05, 0.1) is 0 Å². The minimum Gasteiger partial charge on any atom is -0.482 e. The van der Waals surface area contributed by atoms with Crippen LogP contribution in [-0.2, 0) is 14.4 Å². The molecule has 0 radical (unpaired) electrons. The number of carbonyl (C=O) groups excluding carboxylic acids is 2. The number of carbonyl (C=O) groups is 3. The molecule has 2 amide bonds. The maximum atomic E-state index is 11.8. The van der Waals surface area contributed by atoms with Crippen molar-refractivity contribution in [3.63, 3.8) is 0 Å². The number of amides is 2. The molecule has 0 bridgehead atoms. The molecule has 3 N–H and O–H groups in total. The van der Waals surface area contributed by atoms with Crippen LogP contribution in [0.5, 0.6) is 5.75 Å². The summed E-state index contributed by atoms with van der Waals surface area (Å²) in [4.78, 5) is 33.2. The lowest BCUT2D eigenvalue weighted by atomic mass is 10.2. The monoisotopic (exact) mass is 278 g/mol. The highest BCUT2D eigenvalue weighted by molar-refractivity contribution is 5.98. The molecular weight excluding hydrogens is 264 g/mol. The molecule has 0 spiro atoms. The first-order valence-corrected chi connectivity index (χ1v) is 6.09. The van der Waals surface area contributed by atoms with Crippen LogP contribution in [0.15, 0.2) is 24.3 Å². The summed E-state index contributed by atoms with van der Waals surface area (Å²) in [7, 11) is 0. The second-order valence-corrected chi connectivity index (χ2v) is 4.35. The van der Waals surface area contributed by atoms with Crippen molar-refractivity contribution in [2.24, 2.45) is 0 Å². The molecule has 0 unspecified atom stereocenters. The lowest BCUT2D eigenvalue weighted by Gasteiger charge is -2.11. The number of hydrogen-bond donors (Lipinski definition) is 3. The Morgan fingerprint density at radius 2 is 2.05 bits per heavy atom. The summed E-state index contributed by atoms with van der Waals surface area (Å²) < 4.78 is 4.97. The molecule has 7 heteroatoms. The van der Waals surface area contributed by atoms with E-state index in [1.54, 1.807) is 24.3 Å². The van der Waals surface area contributed by atoms with Crippen LogP contribution in [0.25, 0.3) is 0 Å². The molecular formula is C13H14N2O5. The second kappa shape index (κ2) is 6.05. The van der Waals surface area contributed by atoms with E-state index >= 15 is 0 Å². The lowest BCUT2D eigenvalue weighted by Crippen LogP contribution is -2.37. The van der Waals surface area contributed by atoms with E-state index in [1.807, 2.05) is 0 Å². The zero-order chi connectivity index (χ0) is 14.5. The molecule has 1 aromatic carbocycles. The third-order valence-corrected chi connectivity index (χ3v) is 2.80. The fourth-order valence-electron chi connectivity index (χ4n) is 1.82. The predicted molar refractivity (Wildman–Crippen MR) is 69.4 cm³/mol. The van der Waals surface area contributed by atoms with Crippen LogP contribution >= 0.6 is 0 Å². The van der Waals surface area contributed by atoms with Crippen molar-refractivity contribution in [3.8, 4) is 5.75 Å². The lowest BCUT2D eigenvalue weighted by molar-refractivity contribution is -0.139. The Morgan fingerprint density at radius 1 is 1.35 bits per heavy atom. The Labute approximate surface area is 114 Å². The van der Waals surface area contributed by atoms with Crippen molar-refractivity contribution in [2.45, 2.75) is 18.9 Å². The number of hydrogen-bond acceptors (Lipinski definition) is 4. The summed E-state index contributed by atoms with van der Waals surface area (Å²) >= 11 is 0. The topological polar surface area (TPSA) is 105 Å². The summed E-state index contributed by atoms with van der Waals surface area (Å²) in [6.45, 7) is -0.417. The van der Waals surface area contributed by atoms with Gasteiger partial charge in [0.25, 0.3) is 0 Å². The van der Waals surface area contributed by atoms with Gasteiger partial charge in [-0.25, -0.2) is 4.79 Å². The smallest absolute Gasteiger partial charge is 0.341 e. The van der Waals surface area contributed by atoms with Gasteiger partial charge in [-0.05, 0) is 30.7 Å². The number of benzene rings is 1. The van der Waals surface area contributed by atoms with E-state index < -0.39 is 18.6 Å². The summed E-state index contributed by atoms with van der Waals surface area (Å²) in [6.07, 6.45) is 0.852. The number of ether oxygens (including phenoxy) is 1. The molecule has 1 fully saturated rings. The van der Waals surface area contributed by atoms with E-state index in [0.717, 1.165) is 0 Å². The van der Waals surface area contributed by atoms with E-state index in [9.17, 15) is 14.4 Å². The molecule has 0 aliphatic carbocycles. The van der Waals surface area contributed by atoms with Gasteiger partial charge < -0.3 is 20.5 Å². The van der Waals surface area contributed by atoms with Crippen molar-refractivity contribution in [1.82, 2.24) is 5.32 Å². The third-order valence-electron chi connectivity index (χ3n) is 2.80. The number of nitrogens with one attached hydrogen (secondary N) is 2. The minimum absolute atomic E-state index is 0.123. The average molecular weight is 278 g/mol. The van der Waals surface area contributed by atoms with E-state index in [4.69, 9.17) is 9.84 Å². The van der Waals surface area contributed by atoms with Crippen LogP contribution in [0.2, 0.25) is 0 Å². The van der Waals surface area contributed by atoms with Crippen LogP contribution in [0, 0.1) is 0 Å². The Morgan fingerprint density at radius 3 is 2.60 bits per heavy atom. The van der Waals surface area contributed by atoms with Crippen LogP contribution in [-0.4, -0.2) is 35.5 Å². The van der Waals surface area contributed by atoms with Gasteiger partial charge >= 0.3 is 5.97 Å². The van der Waals surface area contributed by atoms with E-state index in [-0.39, 0.29) is 11.8 Å². The van der Waals surface area contributed by atoms with Crippen molar-refractivity contribution in [3.05, 3.63) is 24.3 Å². The minimum atomic E-state index is -1.06. The van der Waals surface area contributed by atoms with Crippen molar-refractivity contribution < 1.29 is 24.2 Å². The molecule has 0 aromatic heterocycles. The highest BCUT2D eigenvalue weighted by Gasteiger charge is 2.26. The number of carboxylic acid groups (broad SMARTS) is 1. The summed E-state index contributed by atoms with van der Waals surface area (Å²) in [5.74, 6) is -1.04. The van der Waals surface area contributed by atoms with Gasteiger partial charge in [-0.1, -0.05) is 0 Å². The first-order valence-electron chi connectivity index (χ1n) is 6.09. The van der Waals surface area contributed by atoms with Crippen molar-refractivity contribution in [2.75, 3.05) is 11.9 Å². The quantitative estimate of drug-likeness (QED) is 0.721. The van der Waals surface area contributed by atoms with Gasteiger partial charge in [0.15, 0.2) is 6.61 Å². The Kier molecular flexibility index (Phi) is 4.19. The van der Waals surface area contributed by atoms with Crippen molar-refractivity contribution in [1.29, 1.82) is 0 Å². The van der Waals surface area contributed by atoms with Gasteiger partial charge in [-0.15, -0.1) is 0 Å². The highest BCUT2D eigenvalue weighted by atomic mass is 16.5. The maximum absolute atomic E-state index is 11.8. The number of carboxylic acids is 1. The molecule has 1 aromatic rings. The molecule has 106 valence electrons. The van der Waals surface area contributed by atoms with Gasteiger partial charge in [0.1, 0.15) is 11.8 Å². The number of aliphatic carboxylic acids is 1. The number of anilines is 1. The van der Waals surface area contributed by atoms with Gasteiger partial charge in [0.2, 0.25) is 11.8 Å².